The summed E-state index contributed by atoms with van der Waals surface area (Å²) in [4.78, 5) is 10.8. The maximum Gasteiger partial charge on any atom is 0.303 e. The van der Waals surface area contributed by atoms with Gasteiger partial charge in [-0.05, 0) is 30.0 Å². The van der Waals surface area contributed by atoms with Crippen LogP contribution in [0.3, 0.4) is 0 Å². The van der Waals surface area contributed by atoms with Crippen molar-refractivity contribution in [3.05, 3.63) is 35.4 Å². The molecule has 0 bridgehead atoms. The van der Waals surface area contributed by atoms with Crippen LogP contribution in [0.4, 0.5) is 0 Å². The van der Waals surface area contributed by atoms with Crippen molar-refractivity contribution in [2.45, 2.75) is 32.1 Å². The van der Waals surface area contributed by atoms with Gasteiger partial charge in [-0.2, -0.15) is 10.5 Å². The standard InChI is InChI=1S/C15H16N2O2/c1-11(2)15(10-17,7-6-14(18)19)13-5-3-4-12(8-13)9-16/h3-5,8,11H,6-7H2,1-2H3,(H,18,19). The van der Waals surface area contributed by atoms with E-state index < -0.39 is 11.4 Å². The summed E-state index contributed by atoms with van der Waals surface area (Å²) in [5.41, 5.74) is 0.323. The van der Waals surface area contributed by atoms with Gasteiger partial charge in [0.05, 0.1) is 23.1 Å². The minimum Gasteiger partial charge on any atom is -0.481 e. The molecular weight excluding hydrogens is 240 g/mol. The Bertz CT molecular complexity index is 552. The Hall–Kier alpha value is -2.33. The highest BCUT2D eigenvalue weighted by atomic mass is 16.4. The third-order valence-corrected chi connectivity index (χ3v) is 3.43. The van der Waals surface area contributed by atoms with Gasteiger partial charge in [0.25, 0.3) is 0 Å². The van der Waals surface area contributed by atoms with E-state index in [0.29, 0.717) is 11.1 Å². The van der Waals surface area contributed by atoms with Crippen molar-refractivity contribution in [3.63, 3.8) is 0 Å². The van der Waals surface area contributed by atoms with Crippen molar-refractivity contribution in [2.24, 2.45) is 5.92 Å². The van der Waals surface area contributed by atoms with E-state index in [4.69, 9.17) is 10.4 Å². The number of carbonyl (C=O) groups is 1. The molecule has 0 amide bonds. The number of carboxylic acids is 1. The normalized spacial score (nSPS) is 13.3. The van der Waals surface area contributed by atoms with E-state index in [-0.39, 0.29) is 18.8 Å². The lowest BCUT2D eigenvalue weighted by Gasteiger charge is -2.31. The summed E-state index contributed by atoms with van der Waals surface area (Å²) in [7, 11) is 0. The Labute approximate surface area is 112 Å². The van der Waals surface area contributed by atoms with E-state index in [1.807, 2.05) is 19.9 Å². The van der Waals surface area contributed by atoms with Crippen LogP contribution in [-0.4, -0.2) is 11.1 Å². The number of nitriles is 2. The van der Waals surface area contributed by atoms with E-state index >= 15 is 0 Å². The largest absolute Gasteiger partial charge is 0.481 e. The third-order valence-electron chi connectivity index (χ3n) is 3.43. The highest BCUT2D eigenvalue weighted by Crippen LogP contribution is 2.36. The van der Waals surface area contributed by atoms with Crippen molar-refractivity contribution in [2.75, 3.05) is 0 Å². The molecule has 0 spiro atoms. The number of hydrogen-bond acceptors (Lipinski definition) is 3. The highest BCUT2D eigenvalue weighted by molar-refractivity contribution is 5.67. The number of hydrogen-bond donors (Lipinski definition) is 1. The molecule has 0 fully saturated rings. The number of rotatable bonds is 5. The molecule has 0 heterocycles. The molecule has 1 unspecified atom stereocenters. The van der Waals surface area contributed by atoms with Gasteiger partial charge >= 0.3 is 5.97 Å². The highest BCUT2D eigenvalue weighted by Gasteiger charge is 2.36. The molecular formula is C15H16N2O2. The van der Waals surface area contributed by atoms with E-state index in [1.54, 1.807) is 24.3 Å². The van der Waals surface area contributed by atoms with E-state index in [1.165, 1.54) is 0 Å². The van der Waals surface area contributed by atoms with Crippen LogP contribution in [0.1, 0.15) is 37.8 Å². The fourth-order valence-corrected chi connectivity index (χ4v) is 2.19. The molecule has 0 aliphatic rings. The summed E-state index contributed by atoms with van der Waals surface area (Å²) in [6.07, 6.45) is 0.175. The minimum absolute atomic E-state index is 0.0363. The lowest BCUT2D eigenvalue weighted by atomic mass is 9.69. The average Bonchev–Trinajstić information content (AvgIpc) is 2.39. The van der Waals surface area contributed by atoms with Gasteiger partial charge in [-0.25, -0.2) is 0 Å². The van der Waals surface area contributed by atoms with Crippen LogP contribution in [0.15, 0.2) is 24.3 Å². The maximum absolute atomic E-state index is 10.8. The predicted octanol–water partition coefficient (Wildman–Crippen LogP) is 2.84. The van der Waals surface area contributed by atoms with E-state index in [2.05, 4.69) is 6.07 Å². The second-order valence-corrected chi connectivity index (χ2v) is 4.82. The molecule has 0 saturated heterocycles. The van der Waals surface area contributed by atoms with Gasteiger partial charge in [-0.3, -0.25) is 4.79 Å². The summed E-state index contributed by atoms with van der Waals surface area (Å²) in [5.74, 6) is -0.956. The van der Waals surface area contributed by atoms with Gasteiger partial charge < -0.3 is 5.11 Å². The monoisotopic (exact) mass is 256 g/mol. The Morgan fingerprint density at radius 3 is 2.58 bits per heavy atom. The summed E-state index contributed by atoms with van der Waals surface area (Å²) in [6, 6.07) is 11.2. The molecule has 1 rings (SSSR count). The van der Waals surface area contributed by atoms with Crippen LogP contribution in [0, 0.1) is 28.6 Å². The maximum atomic E-state index is 10.8. The van der Waals surface area contributed by atoms with Crippen molar-refractivity contribution in [3.8, 4) is 12.1 Å². The zero-order valence-corrected chi connectivity index (χ0v) is 11.1. The lowest BCUT2D eigenvalue weighted by Crippen LogP contribution is -2.31. The molecule has 1 N–H and O–H groups in total. The van der Waals surface area contributed by atoms with Crippen molar-refractivity contribution < 1.29 is 9.90 Å². The summed E-state index contributed by atoms with van der Waals surface area (Å²) < 4.78 is 0. The number of nitrogens with zero attached hydrogens (tertiary/aromatic N) is 2. The van der Waals surface area contributed by atoms with Gasteiger partial charge in [0.1, 0.15) is 0 Å². The topological polar surface area (TPSA) is 84.9 Å². The first-order valence-electron chi connectivity index (χ1n) is 6.10. The Balaban J connectivity index is 3.26. The molecule has 0 saturated carbocycles. The molecule has 98 valence electrons. The zero-order chi connectivity index (χ0) is 14.5. The van der Waals surface area contributed by atoms with Crippen LogP contribution in [0.2, 0.25) is 0 Å². The molecule has 1 aromatic rings. The van der Waals surface area contributed by atoms with Crippen molar-refractivity contribution in [1.29, 1.82) is 10.5 Å². The van der Waals surface area contributed by atoms with Crippen LogP contribution < -0.4 is 0 Å². The van der Waals surface area contributed by atoms with Gasteiger partial charge in [0.15, 0.2) is 0 Å². The lowest BCUT2D eigenvalue weighted by molar-refractivity contribution is -0.137. The SMILES string of the molecule is CC(C)C(C#N)(CCC(=O)O)c1cccc(C#N)c1. The van der Waals surface area contributed by atoms with Gasteiger partial charge in [-0.1, -0.05) is 26.0 Å². The van der Waals surface area contributed by atoms with Crippen LogP contribution >= 0.6 is 0 Å². The predicted molar refractivity (Wildman–Crippen MR) is 70.2 cm³/mol. The van der Waals surface area contributed by atoms with E-state index in [9.17, 15) is 10.1 Å². The zero-order valence-electron chi connectivity index (χ0n) is 11.1. The summed E-state index contributed by atoms with van der Waals surface area (Å²) >= 11 is 0. The van der Waals surface area contributed by atoms with Crippen molar-refractivity contribution >= 4 is 5.97 Å². The van der Waals surface area contributed by atoms with Gasteiger partial charge in [0, 0.05) is 6.42 Å². The van der Waals surface area contributed by atoms with Crippen molar-refractivity contribution in [1.82, 2.24) is 0 Å². The fraction of sp³-hybridized carbons (Fsp3) is 0.400. The van der Waals surface area contributed by atoms with Crippen LogP contribution in [0.5, 0.6) is 0 Å². The molecule has 1 atom stereocenters. The first-order valence-corrected chi connectivity index (χ1v) is 6.10. The minimum atomic E-state index is -0.920. The molecule has 0 radical (unpaired) electrons. The van der Waals surface area contributed by atoms with Gasteiger partial charge in [-0.15, -0.1) is 0 Å². The molecule has 0 aromatic heterocycles. The molecule has 1 aromatic carbocycles. The first kappa shape index (κ1) is 14.7. The summed E-state index contributed by atoms with van der Waals surface area (Å²) in [5, 5.41) is 27.3. The Kier molecular flexibility index (Phi) is 4.67. The average molecular weight is 256 g/mol. The summed E-state index contributed by atoms with van der Waals surface area (Å²) in [6.45, 7) is 3.79. The van der Waals surface area contributed by atoms with Crippen LogP contribution in [-0.2, 0) is 10.2 Å². The second kappa shape index (κ2) is 6.02. The first-order chi connectivity index (χ1) is 8.96. The van der Waals surface area contributed by atoms with E-state index in [0.717, 1.165) is 0 Å². The molecule has 4 heteroatoms. The molecule has 19 heavy (non-hydrogen) atoms. The third kappa shape index (κ3) is 3.11. The molecule has 0 aliphatic carbocycles. The smallest absolute Gasteiger partial charge is 0.303 e. The number of benzene rings is 1. The quantitative estimate of drug-likeness (QED) is 0.877. The van der Waals surface area contributed by atoms with Gasteiger partial charge in [0.2, 0.25) is 0 Å². The second-order valence-electron chi connectivity index (χ2n) is 4.82. The molecule has 0 aliphatic heterocycles. The number of carboxylic acid groups (broad SMARTS) is 1. The Morgan fingerprint density at radius 2 is 2.11 bits per heavy atom. The Morgan fingerprint density at radius 1 is 1.42 bits per heavy atom. The fourth-order valence-electron chi connectivity index (χ4n) is 2.19. The number of aliphatic carboxylic acids is 1. The molecule has 4 nitrogen and oxygen atoms in total. The van der Waals surface area contributed by atoms with Crippen LogP contribution in [0.25, 0.3) is 0 Å².